The minimum Gasteiger partial charge on any atom is -0.497 e. The van der Waals surface area contributed by atoms with Crippen LogP contribution < -0.4 is 4.74 Å². The van der Waals surface area contributed by atoms with E-state index in [0.29, 0.717) is 0 Å². The van der Waals surface area contributed by atoms with Crippen molar-refractivity contribution in [2.24, 2.45) is 0 Å². The lowest BCUT2D eigenvalue weighted by Gasteiger charge is -2.14. The Morgan fingerprint density at radius 1 is 1.15 bits per heavy atom. The molecular formula is C18H22O2. The van der Waals surface area contributed by atoms with E-state index in [0.717, 1.165) is 24.4 Å². The molecule has 0 spiro atoms. The Kier molecular flexibility index (Phi) is 4.80. The van der Waals surface area contributed by atoms with Gasteiger partial charge in [-0.25, -0.2) is 0 Å². The molecule has 2 rings (SSSR count). The van der Waals surface area contributed by atoms with E-state index in [2.05, 4.69) is 37.8 Å². The van der Waals surface area contributed by atoms with Crippen LogP contribution in [0.4, 0.5) is 0 Å². The lowest BCUT2D eigenvalue weighted by molar-refractivity contribution is 0.0683. The minimum absolute atomic E-state index is 0.0980. The van der Waals surface area contributed by atoms with Gasteiger partial charge in [0.15, 0.2) is 0 Å². The average molecular weight is 270 g/mol. The SMILES string of the molecule is C=C(C)CCOC(C)c1ccc2cc(OC)ccc2c1. The fourth-order valence-electron chi connectivity index (χ4n) is 2.13. The number of hydrogen-bond donors (Lipinski definition) is 0. The first-order valence-electron chi connectivity index (χ1n) is 6.94. The summed E-state index contributed by atoms with van der Waals surface area (Å²) in [5.41, 5.74) is 2.35. The predicted molar refractivity (Wildman–Crippen MR) is 84.3 cm³/mol. The van der Waals surface area contributed by atoms with Gasteiger partial charge in [-0.05, 0) is 54.8 Å². The average Bonchev–Trinajstić information content (AvgIpc) is 2.45. The van der Waals surface area contributed by atoms with Crippen LogP contribution in [0.2, 0.25) is 0 Å². The summed E-state index contributed by atoms with van der Waals surface area (Å²) < 4.78 is 11.1. The highest BCUT2D eigenvalue weighted by atomic mass is 16.5. The number of benzene rings is 2. The van der Waals surface area contributed by atoms with Gasteiger partial charge < -0.3 is 9.47 Å². The first-order chi connectivity index (χ1) is 9.60. The van der Waals surface area contributed by atoms with Crippen LogP contribution in [0.1, 0.15) is 31.9 Å². The Hall–Kier alpha value is -1.80. The molecule has 0 saturated carbocycles. The molecule has 0 aromatic heterocycles. The van der Waals surface area contributed by atoms with Crippen molar-refractivity contribution in [3.63, 3.8) is 0 Å². The van der Waals surface area contributed by atoms with Crippen LogP contribution in [0.3, 0.4) is 0 Å². The zero-order chi connectivity index (χ0) is 14.5. The van der Waals surface area contributed by atoms with Gasteiger partial charge in [0.25, 0.3) is 0 Å². The largest absolute Gasteiger partial charge is 0.497 e. The van der Waals surface area contributed by atoms with Gasteiger partial charge in [-0.2, -0.15) is 0 Å². The maximum Gasteiger partial charge on any atom is 0.119 e. The van der Waals surface area contributed by atoms with E-state index >= 15 is 0 Å². The normalized spacial score (nSPS) is 12.3. The van der Waals surface area contributed by atoms with E-state index in [9.17, 15) is 0 Å². The Morgan fingerprint density at radius 3 is 2.55 bits per heavy atom. The van der Waals surface area contributed by atoms with Gasteiger partial charge in [-0.15, -0.1) is 6.58 Å². The second-order valence-corrected chi connectivity index (χ2v) is 5.19. The van der Waals surface area contributed by atoms with Crippen LogP contribution in [-0.2, 0) is 4.74 Å². The summed E-state index contributed by atoms with van der Waals surface area (Å²) in [6.45, 7) is 8.72. The Morgan fingerprint density at radius 2 is 1.85 bits per heavy atom. The van der Waals surface area contributed by atoms with Gasteiger partial charge in [0.2, 0.25) is 0 Å². The van der Waals surface area contributed by atoms with Crippen molar-refractivity contribution in [1.29, 1.82) is 0 Å². The van der Waals surface area contributed by atoms with Crippen LogP contribution in [-0.4, -0.2) is 13.7 Å². The van der Waals surface area contributed by atoms with E-state index in [1.807, 2.05) is 19.1 Å². The molecule has 0 saturated heterocycles. The molecule has 1 atom stereocenters. The zero-order valence-corrected chi connectivity index (χ0v) is 12.5. The summed E-state index contributed by atoms with van der Waals surface area (Å²) in [6.07, 6.45) is 1.01. The second-order valence-electron chi connectivity index (χ2n) is 5.19. The Bertz CT molecular complexity index is 601. The highest BCUT2D eigenvalue weighted by Gasteiger charge is 2.07. The number of methoxy groups -OCH3 is 1. The van der Waals surface area contributed by atoms with E-state index < -0.39 is 0 Å². The van der Waals surface area contributed by atoms with Crippen molar-refractivity contribution >= 4 is 10.8 Å². The first-order valence-corrected chi connectivity index (χ1v) is 6.94. The van der Waals surface area contributed by atoms with E-state index in [1.165, 1.54) is 16.3 Å². The lowest BCUT2D eigenvalue weighted by atomic mass is 10.0. The summed E-state index contributed by atoms with van der Waals surface area (Å²) in [6, 6.07) is 12.5. The molecule has 0 radical (unpaired) electrons. The van der Waals surface area contributed by atoms with Crippen LogP contribution in [0, 0.1) is 0 Å². The summed E-state index contributed by atoms with van der Waals surface area (Å²) in [7, 11) is 1.69. The van der Waals surface area contributed by atoms with Gasteiger partial charge in [-0.1, -0.05) is 23.8 Å². The second kappa shape index (κ2) is 6.58. The van der Waals surface area contributed by atoms with Crippen LogP contribution >= 0.6 is 0 Å². The van der Waals surface area contributed by atoms with Crippen molar-refractivity contribution in [3.05, 3.63) is 54.1 Å². The van der Waals surface area contributed by atoms with Crippen LogP contribution in [0.25, 0.3) is 10.8 Å². The molecule has 0 fully saturated rings. The van der Waals surface area contributed by atoms with Crippen molar-refractivity contribution in [2.45, 2.75) is 26.4 Å². The molecule has 0 aliphatic heterocycles. The molecule has 20 heavy (non-hydrogen) atoms. The summed E-state index contributed by atoms with van der Waals surface area (Å²) >= 11 is 0. The van der Waals surface area contributed by atoms with Gasteiger partial charge >= 0.3 is 0 Å². The molecule has 1 unspecified atom stereocenters. The number of rotatable bonds is 6. The highest BCUT2D eigenvalue weighted by Crippen LogP contribution is 2.25. The molecule has 106 valence electrons. The molecule has 0 amide bonds. The van der Waals surface area contributed by atoms with Crippen molar-refractivity contribution in [2.75, 3.05) is 13.7 Å². The third-order valence-corrected chi connectivity index (χ3v) is 3.44. The molecule has 0 heterocycles. The third kappa shape index (κ3) is 3.61. The number of ether oxygens (including phenoxy) is 2. The summed E-state index contributed by atoms with van der Waals surface area (Å²) in [4.78, 5) is 0. The van der Waals surface area contributed by atoms with Gasteiger partial charge in [-0.3, -0.25) is 0 Å². The van der Waals surface area contributed by atoms with Crippen LogP contribution in [0.15, 0.2) is 48.6 Å². The van der Waals surface area contributed by atoms with E-state index in [4.69, 9.17) is 9.47 Å². The summed E-state index contributed by atoms with van der Waals surface area (Å²) in [5.74, 6) is 0.885. The Labute approximate surface area is 121 Å². The highest BCUT2D eigenvalue weighted by molar-refractivity contribution is 5.84. The minimum atomic E-state index is 0.0980. The topological polar surface area (TPSA) is 18.5 Å². The smallest absolute Gasteiger partial charge is 0.119 e. The van der Waals surface area contributed by atoms with Crippen LogP contribution in [0.5, 0.6) is 5.75 Å². The summed E-state index contributed by atoms with van der Waals surface area (Å²) in [5, 5.41) is 2.39. The molecule has 0 bridgehead atoms. The van der Waals surface area contributed by atoms with Crippen molar-refractivity contribution < 1.29 is 9.47 Å². The van der Waals surface area contributed by atoms with E-state index in [1.54, 1.807) is 7.11 Å². The van der Waals surface area contributed by atoms with E-state index in [-0.39, 0.29) is 6.10 Å². The molecule has 0 N–H and O–H groups in total. The Balaban J connectivity index is 2.12. The monoisotopic (exact) mass is 270 g/mol. The quantitative estimate of drug-likeness (QED) is 0.696. The number of fused-ring (bicyclic) bond motifs is 1. The fourth-order valence-corrected chi connectivity index (χ4v) is 2.13. The molecule has 0 aliphatic rings. The standard InChI is InChI=1S/C18H22O2/c1-13(2)9-10-20-14(3)15-5-6-17-12-18(19-4)8-7-16(17)11-15/h5-8,11-12,14H,1,9-10H2,2-4H3. The third-order valence-electron chi connectivity index (χ3n) is 3.44. The maximum absolute atomic E-state index is 5.85. The molecule has 2 aromatic carbocycles. The molecular weight excluding hydrogens is 248 g/mol. The zero-order valence-electron chi connectivity index (χ0n) is 12.5. The predicted octanol–water partition coefficient (Wildman–Crippen LogP) is 4.89. The van der Waals surface area contributed by atoms with Gasteiger partial charge in [0.1, 0.15) is 5.75 Å². The number of hydrogen-bond acceptors (Lipinski definition) is 2. The molecule has 2 nitrogen and oxygen atoms in total. The molecule has 0 aliphatic carbocycles. The van der Waals surface area contributed by atoms with Crippen molar-refractivity contribution in [3.8, 4) is 5.75 Å². The van der Waals surface area contributed by atoms with Gasteiger partial charge in [0, 0.05) is 0 Å². The maximum atomic E-state index is 5.85. The molecule has 2 heteroatoms. The lowest BCUT2D eigenvalue weighted by Crippen LogP contribution is -2.02. The fraction of sp³-hybridized carbons (Fsp3) is 0.333. The first kappa shape index (κ1) is 14.6. The molecule has 2 aromatic rings. The van der Waals surface area contributed by atoms with Crippen molar-refractivity contribution in [1.82, 2.24) is 0 Å². The van der Waals surface area contributed by atoms with Gasteiger partial charge in [0.05, 0.1) is 19.8 Å².